The molecular weight excluding hydrogens is 254 g/mol. The Hall–Kier alpha value is -1.09. The van der Waals surface area contributed by atoms with Crippen molar-refractivity contribution in [3.63, 3.8) is 0 Å². The van der Waals surface area contributed by atoms with E-state index >= 15 is 0 Å². The van der Waals surface area contributed by atoms with Gasteiger partial charge in [-0.05, 0) is 24.3 Å². The van der Waals surface area contributed by atoms with Gasteiger partial charge in [0.25, 0.3) is 0 Å². The number of rotatable bonds is 3. The van der Waals surface area contributed by atoms with Crippen LogP contribution >= 0.6 is 15.9 Å². The molecule has 2 rings (SSSR count). The van der Waals surface area contributed by atoms with E-state index in [0.29, 0.717) is 13.0 Å². The van der Waals surface area contributed by atoms with Crippen molar-refractivity contribution < 1.29 is 4.79 Å². The van der Waals surface area contributed by atoms with Gasteiger partial charge in [0.2, 0.25) is 0 Å². The van der Waals surface area contributed by atoms with Crippen LogP contribution in [0.25, 0.3) is 10.9 Å². The van der Waals surface area contributed by atoms with Gasteiger partial charge in [0.1, 0.15) is 0 Å². The molecule has 1 aromatic carbocycles. The molecule has 3 heteroatoms. The van der Waals surface area contributed by atoms with E-state index in [9.17, 15) is 4.79 Å². The lowest BCUT2D eigenvalue weighted by atomic mass is 10.2. The Bertz CT molecular complexity index is 501. The Balaban J connectivity index is 2.41. The van der Waals surface area contributed by atoms with Crippen molar-refractivity contribution in [2.24, 2.45) is 0 Å². The number of carbonyl (C=O) groups excluding carboxylic acids is 1. The standard InChI is InChI=1S/C12H12BrNO/c1-2-11(15)8-14-6-5-9-7-10(13)3-4-12(9)14/h3-7H,2,8H2,1H3. The first-order valence-corrected chi connectivity index (χ1v) is 5.76. The molecule has 15 heavy (non-hydrogen) atoms. The van der Waals surface area contributed by atoms with Crippen LogP contribution in [0.5, 0.6) is 0 Å². The molecule has 0 aliphatic rings. The molecule has 0 aliphatic carbocycles. The molecule has 1 heterocycles. The van der Waals surface area contributed by atoms with Crippen LogP contribution in [-0.2, 0) is 11.3 Å². The van der Waals surface area contributed by atoms with E-state index in [1.807, 2.05) is 35.9 Å². The second-order valence-electron chi connectivity index (χ2n) is 3.54. The maximum Gasteiger partial charge on any atom is 0.152 e. The highest BCUT2D eigenvalue weighted by Gasteiger charge is 2.04. The molecule has 0 radical (unpaired) electrons. The molecule has 0 saturated heterocycles. The lowest BCUT2D eigenvalue weighted by Gasteiger charge is -2.03. The third-order valence-electron chi connectivity index (χ3n) is 2.47. The third kappa shape index (κ3) is 2.12. The Labute approximate surface area is 97.0 Å². The minimum atomic E-state index is 0.260. The fourth-order valence-corrected chi connectivity index (χ4v) is 1.99. The molecule has 0 amide bonds. The number of halogens is 1. The van der Waals surface area contributed by atoms with Crippen molar-refractivity contribution in [3.05, 3.63) is 34.9 Å². The Morgan fingerprint density at radius 3 is 2.93 bits per heavy atom. The number of hydrogen-bond acceptors (Lipinski definition) is 1. The first kappa shape index (κ1) is 10.4. The van der Waals surface area contributed by atoms with Crippen molar-refractivity contribution in [1.82, 2.24) is 4.57 Å². The molecule has 2 nitrogen and oxygen atoms in total. The molecular formula is C12H12BrNO. The van der Waals surface area contributed by atoms with Gasteiger partial charge in [0, 0.05) is 28.0 Å². The van der Waals surface area contributed by atoms with Crippen LogP contribution in [0.3, 0.4) is 0 Å². The first-order chi connectivity index (χ1) is 7.20. The number of fused-ring (bicyclic) bond motifs is 1. The summed E-state index contributed by atoms with van der Waals surface area (Å²) in [4.78, 5) is 11.4. The molecule has 0 N–H and O–H groups in total. The van der Waals surface area contributed by atoms with Crippen molar-refractivity contribution in [2.45, 2.75) is 19.9 Å². The maximum absolute atomic E-state index is 11.4. The van der Waals surface area contributed by atoms with Crippen LogP contribution in [-0.4, -0.2) is 10.4 Å². The number of carbonyl (C=O) groups is 1. The van der Waals surface area contributed by atoms with Crippen molar-refractivity contribution in [3.8, 4) is 0 Å². The van der Waals surface area contributed by atoms with Gasteiger partial charge in [-0.1, -0.05) is 22.9 Å². The predicted molar refractivity (Wildman–Crippen MR) is 64.9 cm³/mol. The van der Waals surface area contributed by atoms with E-state index in [2.05, 4.69) is 22.0 Å². The maximum atomic E-state index is 11.4. The molecule has 0 spiro atoms. The summed E-state index contributed by atoms with van der Waals surface area (Å²) in [5.74, 6) is 0.260. The van der Waals surface area contributed by atoms with Gasteiger partial charge >= 0.3 is 0 Å². The SMILES string of the molecule is CCC(=O)Cn1ccc2cc(Br)ccc21. The fourth-order valence-electron chi connectivity index (χ4n) is 1.61. The van der Waals surface area contributed by atoms with E-state index in [-0.39, 0.29) is 5.78 Å². The zero-order chi connectivity index (χ0) is 10.8. The first-order valence-electron chi connectivity index (χ1n) is 4.97. The zero-order valence-electron chi connectivity index (χ0n) is 8.53. The van der Waals surface area contributed by atoms with E-state index in [1.165, 1.54) is 0 Å². The highest BCUT2D eigenvalue weighted by atomic mass is 79.9. The highest BCUT2D eigenvalue weighted by molar-refractivity contribution is 9.10. The predicted octanol–water partition coefficient (Wildman–Crippen LogP) is 3.38. The van der Waals surface area contributed by atoms with E-state index in [0.717, 1.165) is 15.4 Å². The summed E-state index contributed by atoms with van der Waals surface area (Å²) in [5.41, 5.74) is 1.11. The number of nitrogens with zero attached hydrogens (tertiary/aromatic N) is 1. The average molecular weight is 266 g/mol. The highest BCUT2D eigenvalue weighted by Crippen LogP contribution is 2.20. The van der Waals surface area contributed by atoms with Gasteiger partial charge in [-0.15, -0.1) is 0 Å². The van der Waals surface area contributed by atoms with Crippen LogP contribution in [0.15, 0.2) is 34.9 Å². The van der Waals surface area contributed by atoms with Crippen molar-refractivity contribution >= 4 is 32.6 Å². The molecule has 0 aliphatic heterocycles. The number of hydrogen-bond donors (Lipinski definition) is 0. The van der Waals surface area contributed by atoms with E-state index in [4.69, 9.17) is 0 Å². The van der Waals surface area contributed by atoms with Crippen molar-refractivity contribution in [2.75, 3.05) is 0 Å². The molecule has 2 aromatic rings. The molecule has 0 atom stereocenters. The van der Waals surface area contributed by atoms with Crippen LogP contribution in [0.2, 0.25) is 0 Å². The Morgan fingerprint density at radius 1 is 1.40 bits per heavy atom. The number of Topliss-reactive ketones (excluding diaryl/α,β-unsaturated/α-hetero) is 1. The fraction of sp³-hybridized carbons (Fsp3) is 0.250. The topological polar surface area (TPSA) is 22.0 Å². The van der Waals surface area contributed by atoms with Crippen LogP contribution in [0.4, 0.5) is 0 Å². The second kappa shape index (κ2) is 4.19. The summed E-state index contributed by atoms with van der Waals surface area (Å²) in [6, 6.07) is 8.11. The van der Waals surface area contributed by atoms with Gasteiger partial charge < -0.3 is 4.57 Å². The quantitative estimate of drug-likeness (QED) is 0.834. The summed E-state index contributed by atoms with van der Waals surface area (Å²) in [6.07, 6.45) is 2.56. The molecule has 0 unspecified atom stereocenters. The van der Waals surface area contributed by atoms with Gasteiger partial charge in [-0.25, -0.2) is 0 Å². The Morgan fingerprint density at radius 2 is 2.20 bits per heavy atom. The number of ketones is 1. The van der Waals surface area contributed by atoms with Crippen LogP contribution in [0, 0.1) is 0 Å². The lowest BCUT2D eigenvalue weighted by Crippen LogP contribution is -2.07. The summed E-state index contributed by atoms with van der Waals surface area (Å²) in [7, 11) is 0. The number of aromatic nitrogens is 1. The summed E-state index contributed by atoms with van der Waals surface area (Å²) in [5, 5.41) is 1.16. The minimum absolute atomic E-state index is 0.260. The molecule has 1 aromatic heterocycles. The van der Waals surface area contributed by atoms with Gasteiger partial charge in [-0.3, -0.25) is 4.79 Å². The minimum Gasteiger partial charge on any atom is -0.340 e. The average Bonchev–Trinajstić information content (AvgIpc) is 2.60. The summed E-state index contributed by atoms with van der Waals surface area (Å²) < 4.78 is 3.06. The van der Waals surface area contributed by atoms with E-state index < -0.39 is 0 Å². The molecule has 78 valence electrons. The van der Waals surface area contributed by atoms with Crippen LogP contribution < -0.4 is 0 Å². The third-order valence-corrected chi connectivity index (χ3v) is 2.97. The Kier molecular flexibility index (Phi) is 2.91. The van der Waals surface area contributed by atoms with Gasteiger partial charge in [0.05, 0.1) is 6.54 Å². The van der Waals surface area contributed by atoms with E-state index in [1.54, 1.807) is 0 Å². The normalized spacial score (nSPS) is 10.8. The smallest absolute Gasteiger partial charge is 0.152 e. The van der Waals surface area contributed by atoms with Gasteiger partial charge in [0.15, 0.2) is 5.78 Å². The molecule has 0 bridgehead atoms. The summed E-state index contributed by atoms with van der Waals surface area (Å²) >= 11 is 3.43. The molecule has 0 saturated carbocycles. The molecule has 0 fully saturated rings. The summed E-state index contributed by atoms with van der Waals surface area (Å²) in [6.45, 7) is 2.37. The van der Waals surface area contributed by atoms with Crippen molar-refractivity contribution in [1.29, 1.82) is 0 Å². The second-order valence-corrected chi connectivity index (χ2v) is 4.45. The monoisotopic (exact) mass is 265 g/mol. The lowest BCUT2D eigenvalue weighted by molar-refractivity contribution is -0.119. The van der Waals surface area contributed by atoms with Gasteiger partial charge in [-0.2, -0.15) is 0 Å². The largest absolute Gasteiger partial charge is 0.340 e. The zero-order valence-corrected chi connectivity index (χ0v) is 10.1. The number of benzene rings is 1. The van der Waals surface area contributed by atoms with Crippen LogP contribution in [0.1, 0.15) is 13.3 Å².